The molecule has 0 radical (unpaired) electrons. The average molecular weight is 313 g/mol. The lowest BCUT2D eigenvalue weighted by molar-refractivity contribution is 0.204. The molecule has 2 heterocycles. The van der Waals surface area contributed by atoms with Crippen molar-refractivity contribution in [2.45, 2.75) is 68.6 Å². The van der Waals surface area contributed by atoms with Crippen LogP contribution in [0.25, 0.3) is 0 Å². The summed E-state index contributed by atoms with van der Waals surface area (Å²) in [5, 5.41) is 4.01. The van der Waals surface area contributed by atoms with Crippen molar-refractivity contribution in [3.05, 3.63) is 11.7 Å². The summed E-state index contributed by atoms with van der Waals surface area (Å²) in [4.78, 5) is 4.44. The lowest BCUT2D eigenvalue weighted by Crippen LogP contribution is -2.56. The molecule has 1 aliphatic heterocycles. The Kier molecular flexibility index (Phi) is 3.22. The fraction of sp³-hybridized carbons (Fsp3) is 0.857. The van der Waals surface area contributed by atoms with Gasteiger partial charge in [0.2, 0.25) is 5.89 Å². The minimum atomic E-state index is -3.05. The maximum Gasteiger partial charge on any atom is 0.229 e. The quantitative estimate of drug-likeness (QED) is 0.844. The van der Waals surface area contributed by atoms with Crippen molar-refractivity contribution in [3.8, 4) is 0 Å². The highest BCUT2D eigenvalue weighted by Gasteiger charge is 2.57. The number of aromatic nitrogens is 2. The third kappa shape index (κ3) is 2.40. The highest BCUT2D eigenvalue weighted by molar-refractivity contribution is 7.92. The minimum Gasteiger partial charge on any atom is -0.339 e. The number of nitrogens with zero attached hydrogens (tertiary/aromatic N) is 2. The molecule has 3 rings (SSSR count). The highest BCUT2D eigenvalue weighted by Crippen LogP contribution is 2.53. The number of rotatable bonds is 1. The summed E-state index contributed by atoms with van der Waals surface area (Å²) in [6.07, 6.45) is 2.26. The molecule has 2 aliphatic rings. The zero-order valence-corrected chi connectivity index (χ0v) is 13.6. The fourth-order valence-corrected chi connectivity index (χ4v) is 5.79. The van der Waals surface area contributed by atoms with E-state index in [0.29, 0.717) is 37.4 Å². The second-order valence-electron chi connectivity index (χ2n) is 7.57. The molecule has 1 unspecified atom stereocenters. The molecular formula is C14H23N3O3S. The van der Waals surface area contributed by atoms with Crippen LogP contribution in [0.5, 0.6) is 0 Å². The van der Waals surface area contributed by atoms with E-state index < -0.39 is 14.6 Å². The number of hydrogen-bond donors (Lipinski definition) is 1. The topological polar surface area (TPSA) is 99.1 Å². The number of nitrogens with two attached hydrogens (primary N) is 1. The lowest BCUT2D eigenvalue weighted by Gasteiger charge is -2.49. The van der Waals surface area contributed by atoms with Gasteiger partial charge < -0.3 is 10.3 Å². The summed E-state index contributed by atoms with van der Waals surface area (Å²) in [7, 11) is -3.05. The Hall–Kier alpha value is -0.950. The molecule has 2 N–H and O–H groups in total. The molecule has 0 aromatic carbocycles. The summed E-state index contributed by atoms with van der Waals surface area (Å²) in [5.74, 6) is 1.49. The van der Waals surface area contributed by atoms with Crippen molar-refractivity contribution < 1.29 is 12.9 Å². The maximum atomic E-state index is 12.4. The van der Waals surface area contributed by atoms with Gasteiger partial charge >= 0.3 is 0 Å². The van der Waals surface area contributed by atoms with E-state index in [1.54, 1.807) is 0 Å². The van der Waals surface area contributed by atoms with E-state index in [2.05, 4.69) is 10.1 Å². The van der Waals surface area contributed by atoms with Crippen molar-refractivity contribution in [2.24, 2.45) is 5.73 Å². The highest BCUT2D eigenvalue weighted by atomic mass is 32.2. The first-order valence-electron chi connectivity index (χ1n) is 7.45. The van der Waals surface area contributed by atoms with Crippen LogP contribution in [0.15, 0.2) is 4.52 Å². The van der Waals surface area contributed by atoms with Crippen LogP contribution in [0.1, 0.15) is 64.1 Å². The molecule has 1 atom stereocenters. The van der Waals surface area contributed by atoms with Crippen LogP contribution in [0.2, 0.25) is 0 Å². The Morgan fingerprint density at radius 3 is 2.52 bits per heavy atom. The van der Waals surface area contributed by atoms with Gasteiger partial charge in [0, 0.05) is 17.4 Å². The van der Waals surface area contributed by atoms with Crippen LogP contribution in [-0.4, -0.2) is 35.1 Å². The first-order chi connectivity index (χ1) is 9.63. The van der Waals surface area contributed by atoms with Crippen LogP contribution < -0.4 is 5.73 Å². The van der Waals surface area contributed by atoms with E-state index in [-0.39, 0.29) is 23.1 Å². The average Bonchev–Trinajstić information content (AvgIpc) is 2.78. The summed E-state index contributed by atoms with van der Waals surface area (Å²) in [5.41, 5.74) is 5.81. The van der Waals surface area contributed by atoms with Gasteiger partial charge in [0.15, 0.2) is 15.7 Å². The van der Waals surface area contributed by atoms with Crippen LogP contribution in [0.4, 0.5) is 0 Å². The Morgan fingerprint density at radius 1 is 1.29 bits per heavy atom. The van der Waals surface area contributed by atoms with Crippen LogP contribution in [-0.2, 0) is 15.3 Å². The van der Waals surface area contributed by atoms with Gasteiger partial charge in [-0.05, 0) is 25.7 Å². The van der Waals surface area contributed by atoms with Crippen LogP contribution in [0, 0.1) is 0 Å². The zero-order valence-electron chi connectivity index (χ0n) is 12.8. The van der Waals surface area contributed by atoms with Gasteiger partial charge in [-0.1, -0.05) is 25.9 Å². The predicted molar refractivity (Wildman–Crippen MR) is 78.7 cm³/mol. The van der Waals surface area contributed by atoms with Gasteiger partial charge in [-0.2, -0.15) is 4.98 Å². The summed E-state index contributed by atoms with van der Waals surface area (Å²) in [6.45, 7) is 6.07. The lowest BCUT2D eigenvalue weighted by atomic mass is 9.70. The second kappa shape index (κ2) is 4.52. The molecular weight excluding hydrogens is 290 g/mol. The molecule has 1 saturated heterocycles. The predicted octanol–water partition coefficient (Wildman–Crippen LogP) is 1.52. The number of hydrogen-bond acceptors (Lipinski definition) is 6. The molecule has 1 aliphatic carbocycles. The molecule has 1 spiro atoms. The Bertz CT molecular complexity index is 639. The van der Waals surface area contributed by atoms with Gasteiger partial charge in [0.1, 0.15) is 0 Å². The van der Waals surface area contributed by atoms with E-state index in [1.807, 2.05) is 20.8 Å². The molecule has 0 amide bonds. The largest absolute Gasteiger partial charge is 0.339 e. The van der Waals surface area contributed by atoms with Gasteiger partial charge in [-0.25, -0.2) is 8.42 Å². The maximum absolute atomic E-state index is 12.4. The summed E-state index contributed by atoms with van der Waals surface area (Å²) in [6, 6.07) is -0.0118. The van der Waals surface area contributed by atoms with Gasteiger partial charge in [0.25, 0.3) is 0 Å². The van der Waals surface area contributed by atoms with Crippen molar-refractivity contribution in [3.63, 3.8) is 0 Å². The van der Waals surface area contributed by atoms with E-state index in [9.17, 15) is 8.42 Å². The third-order valence-corrected chi connectivity index (χ3v) is 7.34. The van der Waals surface area contributed by atoms with E-state index in [1.165, 1.54) is 0 Å². The minimum absolute atomic E-state index is 0.0118. The van der Waals surface area contributed by atoms with E-state index in [4.69, 9.17) is 10.3 Å². The Balaban J connectivity index is 1.77. The van der Waals surface area contributed by atoms with Crippen LogP contribution in [0.3, 0.4) is 0 Å². The molecule has 1 saturated carbocycles. The molecule has 1 aromatic heterocycles. The van der Waals surface area contributed by atoms with Gasteiger partial charge in [0.05, 0.1) is 10.5 Å². The number of sulfone groups is 1. The molecule has 1 aromatic rings. The summed E-state index contributed by atoms with van der Waals surface area (Å²) < 4.78 is 29.4. The fourth-order valence-electron chi connectivity index (χ4n) is 3.37. The van der Waals surface area contributed by atoms with Crippen molar-refractivity contribution in [1.82, 2.24) is 10.1 Å². The summed E-state index contributed by atoms with van der Waals surface area (Å²) >= 11 is 0. The molecule has 118 valence electrons. The van der Waals surface area contributed by atoms with E-state index in [0.717, 1.165) is 0 Å². The molecule has 6 nitrogen and oxygen atoms in total. The van der Waals surface area contributed by atoms with Crippen molar-refractivity contribution in [2.75, 3.05) is 5.75 Å². The van der Waals surface area contributed by atoms with Gasteiger partial charge in [-0.3, -0.25) is 0 Å². The van der Waals surface area contributed by atoms with Crippen molar-refractivity contribution >= 4 is 9.84 Å². The Morgan fingerprint density at radius 2 is 1.95 bits per heavy atom. The zero-order chi connectivity index (χ0) is 15.5. The first kappa shape index (κ1) is 15.0. The third-order valence-electron chi connectivity index (χ3n) is 4.75. The smallest absolute Gasteiger partial charge is 0.229 e. The molecule has 0 bridgehead atoms. The normalized spacial score (nSPS) is 35.6. The SMILES string of the molecule is CC(C)(C)c1noc(C2CC3(CC(N)CCS3(=O)=O)C2)n1. The van der Waals surface area contributed by atoms with Crippen LogP contribution >= 0.6 is 0 Å². The molecule has 7 heteroatoms. The molecule has 2 fully saturated rings. The standard InChI is InChI=1S/C14H23N3O3S/c1-13(2,3)12-16-11(20-17-12)9-6-14(7-9)8-10(15)4-5-21(14,18)19/h9-10H,4-8,15H2,1-3H3. The van der Waals surface area contributed by atoms with E-state index >= 15 is 0 Å². The van der Waals surface area contributed by atoms with Crippen molar-refractivity contribution in [1.29, 1.82) is 0 Å². The Labute approximate surface area is 125 Å². The molecule has 21 heavy (non-hydrogen) atoms. The van der Waals surface area contributed by atoms with Gasteiger partial charge in [-0.15, -0.1) is 0 Å². The monoisotopic (exact) mass is 313 g/mol. The first-order valence-corrected chi connectivity index (χ1v) is 9.10. The second-order valence-corrected chi connectivity index (χ2v) is 10.1.